The highest BCUT2D eigenvalue weighted by molar-refractivity contribution is 7.80. The van der Waals surface area contributed by atoms with Crippen LogP contribution in [0.5, 0.6) is 0 Å². The van der Waals surface area contributed by atoms with Gasteiger partial charge in [0.1, 0.15) is 0 Å². The van der Waals surface area contributed by atoms with Crippen LogP contribution in [0.15, 0.2) is 24.3 Å². The number of carbonyl (C=O) groups excluding carboxylic acids is 1. The van der Waals surface area contributed by atoms with Crippen molar-refractivity contribution in [2.45, 2.75) is 25.8 Å². The third kappa shape index (κ3) is 4.48. The second-order valence-corrected chi connectivity index (χ2v) is 5.93. The number of hydrogen-bond acceptors (Lipinski definition) is 4. The molecule has 0 spiro atoms. The van der Waals surface area contributed by atoms with Crippen molar-refractivity contribution in [3.05, 3.63) is 24.3 Å². The Morgan fingerprint density at radius 1 is 1.43 bits per heavy atom. The average Bonchev–Trinajstić information content (AvgIpc) is 2.56. The number of piperidine rings is 1. The summed E-state index contributed by atoms with van der Waals surface area (Å²) in [5.41, 5.74) is 7.41. The van der Waals surface area contributed by atoms with Gasteiger partial charge in [0.05, 0.1) is 18.0 Å². The number of amides is 1. The first-order chi connectivity index (χ1) is 11.0. The first kappa shape index (κ1) is 17.3. The van der Waals surface area contributed by atoms with Crippen molar-refractivity contribution in [2.75, 3.05) is 37.8 Å². The second-order valence-electron chi connectivity index (χ2n) is 5.55. The first-order valence-corrected chi connectivity index (χ1v) is 8.23. The predicted molar refractivity (Wildman–Crippen MR) is 96.5 cm³/mol. The van der Waals surface area contributed by atoms with Gasteiger partial charge in [0.2, 0.25) is 0 Å². The number of anilines is 2. The number of nitrogen functional groups attached to an aromatic ring is 1. The number of nitrogens with two attached hydrogens (primary N) is 1. The fraction of sp³-hybridized carbons (Fsp3) is 0.500. The minimum atomic E-state index is -0.230. The van der Waals surface area contributed by atoms with E-state index in [-0.39, 0.29) is 6.09 Å². The smallest absolute Gasteiger partial charge is 0.409 e. The van der Waals surface area contributed by atoms with Gasteiger partial charge in [0.25, 0.3) is 0 Å². The summed E-state index contributed by atoms with van der Waals surface area (Å²) in [6, 6.07) is 7.84. The molecule has 6 nitrogen and oxygen atoms in total. The van der Waals surface area contributed by atoms with Crippen LogP contribution in [-0.2, 0) is 4.74 Å². The van der Waals surface area contributed by atoms with E-state index in [9.17, 15) is 4.79 Å². The van der Waals surface area contributed by atoms with Gasteiger partial charge < -0.3 is 25.6 Å². The highest BCUT2D eigenvalue weighted by Gasteiger charge is 2.27. The van der Waals surface area contributed by atoms with E-state index in [2.05, 4.69) is 5.32 Å². The van der Waals surface area contributed by atoms with Crippen LogP contribution in [0.25, 0.3) is 0 Å². The number of para-hydroxylation sites is 2. The zero-order valence-electron chi connectivity index (χ0n) is 13.6. The molecule has 1 fully saturated rings. The van der Waals surface area contributed by atoms with Gasteiger partial charge in [-0.3, -0.25) is 0 Å². The minimum absolute atomic E-state index is 0.230. The number of carbonyl (C=O) groups is 1. The van der Waals surface area contributed by atoms with E-state index in [4.69, 9.17) is 22.7 Å². The summed E-state index contributed by atoms with van der Waals surface area (Å²) in [6.45, 7) is 3.59. The second kappa shape index (κ2) is 8.01. The van der Waals surface area contributed by atoms with Crippen LogP contribution in [0, 0.1) is 0 Å². The summed E-state index contributed by atoms with van der Waals surface area (Å²) in [6.07, 6.45) is 1.49. The van der Waals surface area contributed by atoms with Crippen molar-refractivity contribution in [2.24, 2.45) is 0 Å². The zero-order chi connectivity index (χ0) is 16.8. The lowest BCUT2D eigenvalue weighted by Gasteiger charge is -2.37. The Hall–Kier alpha value is -2.02. The Labute approximate surface area is 142 Å². The molecule has 126 valence electrons. The fourth-order valence-electron chi connectivity index (χ4n) is 2.63. The quantitative estimate of drug-likeness (QED) is 0.653. The van der Waals surface area contributed by atoms with E-state index >= 15 is 0 Å². The van der Waals surface area contributed by atoms with Crippen molar-refractivity contribution in [1.29, 1.82) is 0 Å². The molecule has 1 amide bonds. The molecule has 2 rings (SSSR count). The first-order valence-electron chi connectivity index (χ1n) is 7.83. The lowest BCUT2D eigenvalue weighted by Crippen LogP contribution is -2.48. The molecule has 1 aromatic rings. The van der Waals surface area contributed by atoms with Gasteiger partial charge in [-0.2, -0.15) is 0 Å². The monoisotopic (exact) mass is 336 g/mol. The average molecular weight is 336 g/mol. The van der Waals surface area contributed by atoms with Gasteiger partial charge in [-0.15, -0.1) is 0 Å². The van der Waals surface area contributed by atoms with E-state index in [0.29, 0.717) is 36.5 Å². The Morgan fingerprint density at radius 2 is 2.09 bits per heavy atom. The van der Waals surface area contributed by atoms with Crippen LogP contribution >= 0.6 is 12.2 Å². The molecule has 0 saturated carbocycles. The molecule has 7 heteroatoms. The van der Waals surface area contributed by atoms with Gasteiger partial charge in [-0.05, 0) is 44.1 Å². The van der Waals surface area contributed by atoms with Crippen molar-refractivity contribution < 1.29 is 9.53 Å². The highest BCUT2D eigenvalue weighted by atomic mass is 32.1. The van der Waals surface area contributed by atoms with Crippen LogP contribution in [0.3, 0.4) is 0 Å². The van der Waals surface area contributed by atoms with Gasteiger partial charge in [0.15, 0.2) is 5.11 Å². The van der Waals surface area contributed by atoms with E-state index in [1.807, 2.05) is 43.1 Å². The Morgan fingerprint density at radius 3 is 2.70 bits per heavy atom. The van der Waals surface area contributed by atoms with E-state index in [1.165, 1.54) is 0 Å². The van der Waals surface area contributed by atoms with Crippen molar-refractivity contribution in [1.82, 2.24) is 9.80 Å². The number of thiocarbonyl (C=S) groups is 1. The molecule has 0 aromatic heterocycles. The van der Waals surface area contributed by atoms with E-state index in [1.54, 1.807) is 4.90 Å². The van der Waals surface area contributed by atoms with E-state index < -0.39 is 0 Å². The molecule has 0 atom stereocenters. The summed E-state index contributed by atoms with van der Waals surface area (Å²) < 4.78 is 5.04. The normalized spacial score (nSPS) is 15.1. The summed E-state index contributed by atoms with van der Waals surface area (Å²) >= 11 is 5.48. The maximum absolute atomic E-state index is 11.7. The summed E-state index contributed by atoms with van der Waals surface area (Å²) in [5.74, 6) is 0. The summed E-state index contributed by atoms with van der Waals surface area (Å²) in [7, 11) is 1.97. The number of likely N-dealkylation sites (tertiary alicyclic amines) is 1. The molecule has 0 aliphatic carbocycles. The lowest BCUT2D eigenvalue weighted by molar-refractivity contribution is 0.0895. The molecule has 0 unspecified atom stereocenters. The van der Waals surface area contributed by atoms with Gasteiger partial charge >= 0.3 is 6.09 Å². The highest BCUT2D eigenvalue weighted by Crippen LogP contribution is 2.20. The Balaban J connectivity index is 1.87. The standard InChI is InChI=1S/C16H24N4O2S/c1-3-22-16(21)20-10-8-12(9-11-20)19(2)15(23)18-14-7-5-4-6-13(14)17/h4-7,12H,3,8-11,17H2,1-2H3,(H,18,23). The van der Waals surface area contributed by atoms with Gasteiger partial charge in [0, 0.05) is 26.2 Å². The third-order valence-corrected chi connectivity index (χ3v) is 4.45. The van der Waals surface area contributed by atoms with Crippen molar-refractivity contribution in [3.63, 3.8) is 0 Å². The molecule has 0 bridgehead atoms. The number of benzene rings is 1. The number of nitrogens with one attached hydrogen (secondary N) is 1. The molecular formula is C16H24N4O2S. The van der Waals surface area contributed by atoms with E-state index in [0.717, 1.165) is 18.5 Å². The molecule has 0 radical (unpaired) electrons. The Kier molecular flexibility index (Phi) is 6.04. The van der Waals surface area contributed by atoms with Crippen LogP contribution in [0.2, 0.25) is 0 Å². The summed E-state index contributed by atoms with van der Waals surface area (Å²) in [5, 5.41) is 3.83. The molecule has 23 heavy (non-hydrogen) atoms. The zero-order valence-corrected chi connectivity index (χ0v) is 14.4. The van der Waals surface area contributed by atoms with Gasteiger partial charge in [-0.25, -0.2) is 4.79 Å². The molecule has 1 heterocycles. The molecule has 1 aliphatic rings. The molecular weight excluding hydrogens is 312 g/mol. The number of ether oxygens (including phenoxy) is 1. The maximum atomic E-state index is 11.7. The van der Waals surface area contributed by atoms with Crippen LogP contribution in [0.1, 0.15) is 19.8 Å². The minimum Gasteiger partial charge on any atom is -0.450 e. The van der Waals surface area contributed by atoms with Crippen molar-refractivity contribution in [3.8, 4) is 0 Å². The lowest BCUT2D eigenvalue weighted by atomic mass is 10.0. The summed E-state index contributed by atoms with van der Waals surface area (Å²) in [4.78, 5) is 15.5. The van der Waals surface area contributed by atoms with Crippen molar-refractivity contribution >= 4 is 34.8 Å². The van der Waals surface area contributed by atoms with Crippen LogP contribution in [-0.4, -0.2) is 53.8 Å². The SMILES string of the molecule is CCOC(=O)N1CCC(N(C)C(=S)Nc2ccccc2N)CC1. The topological polar surface area (TPSA) is 70.8 Å². The number of nitrogens with zero attached hydrogens (tertiary/aromatic N) is 2. The molecule has 1 aromatic carbocycles. The molecule has 1 saturated heterocycles. The maximum Gasteiger partial charge on any atom is 0.409 e. The van der Waals surface area contributed by atoms with Crippen LogP contribution < -0.4 is 11.1 Å². The van der Waals surface area contributed by atoms with Gasteiger partial charge in [-0.1, -0.05) is 12.1 Å². The largest absolute Gasteiger partial charge is 0.450 e. The number of rotatable bonds is 3. The van der Waals surface area contributed by atoms with Crippen LogP contribution in [0.4, 0.5) is 16.2 Å². The number of hydrogen-bond donors (Lipinski definition) is 2. The third-order valence-electron chi connectivity index (χ3n) is 4.06. The fourth-order valence-corrected chi connectivity index (χ4v) is 2.89. The molecule has 3 N–H and O–H groups in total. The Bertz CT molecular complexity index is 559. The molecule has 1 aliphatic heterocycles. The predicted octanol–water partition coefficient (Wildman–Crippen LogP) is 2.52.